The molecule has 0 bridgehead atoms. The largest absolute Gasteiger partial charge is 0.429 e. The standard InChI is InChI=1S/C30H28F4O.C27H20F4O/c1-2-3-4-5-6-7-20-8-9-25-17-24(15-14-23(25)16-20)21-10-12-22(13-11-21)26-18-27(31)29(28(32)19-26)35-30(33)34;1-2-3-4-17-5-6-22-14-21(12-11-20(22)13-17)18-7-9-19(10-8-18)23-15-24(28)26(25(29)16-23)32-27(30)31/h8-19,30H,2-7H2,1H3;2,5-16,27H,1,3-4H2. The van der Waals surface area contributed by atoms with Gasteiger partial charge in [0.2, 0.25) is 0 Å². The van der Waals surface area contributed by atoms with Gasteiger partial charge in [0.15, 0.2) is 34.8 Å². The summed E-state index contributed by atoms with van der Waals surface area (Å²) in [6, 6.07) is 43.9. The number of fused-ring (bicyclic) bond motifs is 2. The third-order valence-corrected chi connectivity index (χ3v) is 11.5. The van der Waals surface area contributed by atoms with Crippen molar-refractivity contribution < 1.29 is 44.6 Å². The first-order valence-electron chi connectivity index (χ1n) is 22.1. The zero-order valence-electron chi connectivity index (χ0n) is 36.8. The maximum Gasteiger partial charge on any atom is 0.387 e. The molecule has 0 atom stereocenters. The molecule has 0 saturated carbocycles. The van der Waals surface area contributed by atoms with E-state index in [4.69, 9.17) is 0 Å². The summed E-state index contributed by atoms with van der Waals surface area (Å²) in [6.45, 7) is -0.612. The van der Waals surface area contributed by atoms with E-state index in [0.717, 1.165) is 81.9 Å². The normalized spacial score (nSPS) is 11.3. The van der Waals surface area contributed by atoms with Crippen molar-refractivity contribution in [3.05, 3.63) is 193 Å². The highest BCUT2D eigenvalue weighted by Gasteiger charge is 2.19. The lowest BCUT2D eigenvalue weighted by atomic mass is 9.96. The summed E-state index contributed by atoms with van der Waals surface area (Å²) in [5, 5.41) is 4.63. The van der Waals surface area contributed by atoms with Crippen LogP contribution in [0.15, 0.2) is 158 Å². The zero-order valence-corrected chi connectivity index (χ0v) is 36.8. The van der Waals surface area contributed by atoms with Gasteiger partial charge in [-0.3, -0.25) is 0 Å². The molecule has 0 saturated heterocycles. The SMILES string of the molecule is C=CCCc1ccc2cc(-c3ccc(-c4cc(F)c(OC(F)F)c(F)c4)cc3)ccc2c1.CCCCCCCc1ccc2cc(-c3ccc(-c4cc(F)c(OC(F)F)c(F)c4)cc3)ccc2c1. The maximum atomic E-state index is 14.1. The third kappa shape index (κ3) is 12.5. The topological polar surface area (TPSA) is 18.5 Å². The van der Waals surface area contributed by atoms with Crippen molar-refractivity contribution in [2.24, 2.45) is 0 Å². The first-order valence-corrected chi connectivity index (χ1v) is 22.1. The molecule has 0 spiro atoms. The highest BCUT2D eigenvalue weighted by molar-refractivity contribution is 5.89. The molecule has 0 fully saturated rings. The van der Waals surface area contributed by atoms with Gasteiger partial charge < -0.3 is 9.47 Å². The van der Waals surface area contributed by atoms with E-state index in [-0.39, 0.29) is 11.1 Å². The van der Waals surface area contributed by atoms with Gasteiger partial charge in [-0.2, -0.15) is 17.6 Å². The highest BCUT2D eigenvalue weighted by atomic mass is 19.3. The van der Waals surface area contributed by atoms with E-state index >= 15 is 0 Å². The molecule has 2 nitrogen and oxygen atoms in total. The Hall–Kier alpha value is -6.94. The Morgan fingerprint density at radius 2 is 0.746 bits per heavy atom. The van der Waals surface area contributed by atoms with Gasteiger partial charge in [-0.25, -0.2) is 17.6 Å². The van der Waals surface area contributed by atoms with Crippen molar-refractivity contribution in [2.75, 3.05) is 0 Å². The minimum Gasteiger partial charge on any atom is -0.429 e. The molecule has 10 heteroatoms. The van der Waals surface area contributed by atoms with Crippen LogP contribution in [0.4, 0.5) is 35.1 Å². The Labute approximate surface area is 385 Å². The number of unbranched alkanes of at least 4 members (excludes halogenated alkanes) is 4. The average molecular weight is 917 g/mol. The number of hydrogen-bond donors (Lipinski definition) is 0. The number of alkyl halides is 4. The van der Waals surface area contributed by atoms with Crippen LogP contribution in [-0.4, -0.2) is 13.2 Å². The van der Waals surface area contributed by atoms with Gasteiger partial charge in [0, 0.05) is 0 Å². The van der Waals surface area contributed by atoms with Crippen molar-refractivity contribution in [3.8, 4) is 56.0 Å². The second kappa shape index (κ2) is 22.5. The van der Waals surface area contributed by atoms with Crippen molar-refractivity contribution in [2.45, 2.75) is 71.5 Å². The third-order valence-electron chi connectivity index (χ3n) is 11.5. The van der Waals surface area contributed by atoms with Gasteiger partial charge in [-0.1, -0.05) is 148 Å². The Morgan fingerprint density at radius 1 is 0.403 bits per heavy atom. The predicted molar refractivity (Wildman–Crippen MR) is 254 cm³/mol. The van der Waals surface area contributed by atoms with Crippen LogP contribution in [0.5, 0.6) is 11.5 Å². The minimum absolute atomic E-state index is 0.235. The van der Waals surface area contributed by atoms with E-state index in [1.807, 2.05) is 36.4 Å². The lowest BCUT2D eigenvalue weighted by molar-refractivity contribution is -0.0551. The quantitative estimate of drug-likeness (QED) is 0.0515. The van der Waals surface area contributed by atoms with Crippen LogP contribution >= 0.6 is 0 Å². The van der Waals surface area contributed by atoms with Crippen molar-refractivity contribution >= 4 is 21.5 Å². The molecular weight excluding hydrogens is 869 g/mol. The molecule has 0 amide bonds. The van der Waals surface area contributed by atoms with Gasteiger partial charge in [-0.05, 0) is 139 Å². The molecule has 0 aliphatic carbocycles. The molecule has 8 aromatic rings. The van der Waals surface area contributed by atoms with Gasteiger partial charge in [0.05, 0.1) is 0 Å². The number of halogens is 8. The van der Waals surface area contributed by atoms with E-state index in [9.17, 15) is 35.1 Å². The summed E-state index contributed by atoms with van der Waals surface area (Å²) in [7, 11) is 0. The number of allylic oxidation sites excluding steroid dienone is 1. The number of benzene rings is 8. The van der Waals surface area contributed by atoms with Crippen LogP contribution in [0.2, 0.25) is 0 Å². The fourth-order valence-corrected chi connectivity index (χ4v) is 8.03. The fraction of sp³-hybridized carbons (Fsp3) is 0.193. The number of rotatable bonds is 17. The number of ether oxygens (including phenoxy) is 2. The second-order valence-corrected chi connectivity index (χ2v) is 16.2. The molecule has 8 rings (SSSR count). The Balaban J connectivity index is 0.000000200. The number of hydrogen-bond acceptors (Lipinski definition) is 2. The predicted octanol–water partition coefficient (Wildman–Crippen LogP) is 17.7. The van der Waals surface area contributed by atoms with Crippen LogP contribution in [-0.2, 0) is 12.8 Å². The lowest BCUT2D eigenvalue weighted by Crippen LogP contribution is -2.06. The van der Waals surface area contributed by atoms with Gasteiger partial charge in [0.1, 0.15) is 0 Å². The monoisotopic (exact) mass is 916 g/mol. The lowest BCUT2D eigenvalue weighted by Gasteiger charge is -2.10. The molecule has 0 aliphatic rings. The van der Waals surface area contributed by atoms with Crippen molar-refractivity contribution in [1.29, 1.82) is 0 Å². The van der Waals surface area contributed by atoms with E-state index < -0.39 is 48.0 Å². The molecular formula is C57H48F8O2. The molecule has 67 heavy (non-hydrogen) atoms. The van der Waals surface area contributed by atoms with Gasteiger partial charge in [-0.15, -0.1) is 6.58 Å². The summed E-state index contributed by atoms with van der Waals surface area (Å²) in [5.41, 5.74) is 8.19. The summed E-state index contributed by atoms with van der Waals surface area (Å²) < 4.78 is 113. The number of aryl methyl sites for hydroxylation is 2. The summed E-state index contributed by atoms with van der Waals surface area (Å²) in [6.07, 6.45) is 11.2. The summed E-state index contributed by atoms with van der Waals surface area (Å²) >= 11 is 0. The van der Waals surface area contributed by atoms with Crippen molar-refractivity contribution in [1.82, 2.24) is 0 Å². The molecule has 0 radical (unpaired) electrons. The van der Waals surface area contributed by atoms with Crippen LogP contribution in [0.1, 0.15) is 56.6 Å². The van der Waals surface area contributed by atoms with E-state index in [0.29, 0.717) is 11.1 Å². The fourth-order valence-electron chi connectivity index (χ4n) is 8.03. The summed E-state index contributed by atoms with van der Waals surface area (Å²) in [4.78, 5) is 0. The average Bonchev–Trinajstić information content (AvgIpc) is 3.32. The van der Waals surface area contributed by atoms with Crippen molar-refractivity contribution in [3.63, 3.8) is 0 Å². The molecule has 0 aromatic heterocycles. The first-order chi connectivity index (χ1) is 32.4. The zero-order chi connectivity index (χ0) is 47.5. The van der Waals surface area contributed by atoms with Crippen LogP contribution < -0.4 is 9.47 Å². The second-order valence-electron chi connectivity index (χ2n) is 16.2. The molecule has 0 heterocycles. The van der Waals surface area contributed by atoms with E-state index in [1.54, 1.807) is 24.3 Å². The van der Waals surface area contributed by atoms with E-state index in [1.165, 1.54) is 48.6 Å². The van der Waals surface area contributed by atoms with Gasteiger partial charge >= 0.3 is 13.2 Å². The molecule has 344 valence electrons. The molecule has 0 aliphatic heterocycles. The van der Waals surface area contributed by atoms with Crippen LogP contribution in [0.25, 0.3) is 66.1 Å². The van der Waals surface area contributed by atoms with Crippen LogP contribution in [0, 0.1) is 23.3 Å². The Kier molecular flexibility index (Phi) is 16.1. The van der Waals surface area contributed by atoms with E-state index in [2.05, 4.69) is 89.7 Å². The minimum atomic E-state index is -3.30. The smallest absolute Gasteiger partial charge is 0.387 e. The Bertz CT molecular complexity index is 2900. The van der Waals surface area contributed by atoms with Crippen LogP contribution in [0.3, 0.4) is 0 Å². The Morgan fingerprint density at radius 3 is 1.13 bits per heavy atom. The molecule has 8 aromatic carbocycles. The maximum absolute atomic E-state index is 14.1. The highest BCUT2D eigenvalue weighted by Crippen LogP contribution is 2.34. The molecule has 0 N–H and O–H groups in total. The molecule has 0 unspecified atom stereocenters. The first kappa shape index (κ1) is 48.0. The summed E-state index contributed by atoms with van der Waals surface area (Å²) in [5.74, 6) is -6.84. The van der Waals surface area contributed by atoms with Gasteiger partial charge in [0.25, 0.3) is 0 Å².